The number of unbranched alkanes of at least 4 members (excludes halogenated alkanes) is 14. The molecule has 0 aromatic rings. The maximum Gasteiger partial charge on any atom is 0.324 e. The molecule has 0 spiro atoms. The van der Waals surface area contributed by atoms with E-state index in [0.717, 1.165) is 32.1 Å². The first-order chi connectivity index (χ1) is 24.7. The number of thioether (sulfide) groups is 1. The van der Waals surface area contributed by atoms with Gasteiger partial charge < -0.3 is 30.5 Å². The normalized spacial score (nSPS) is 14.5. The number of nitrogens with two attached hydrogens (primary N) is 1. The summed E-state index contributed by atoms with van der Waals surface area (Å²) in [4.78, 5) is 35.8. The molecule has 10 heteroatoms. The lowest BCUT2D eigenvalue weighted by Gasteiger charge is -2.22. The van der Waals surface area contributed by atoms with Gasteiger partial charge >= 0.3 is 17.9 Å². The highest BCUT2D eigenvalue weighted by Gasteiger charge is 2.24. The lowest BCUT2D eigenvalue weighted by Crippen LogP contribution is -2.40. The Morgan fingerprint density at radius 2 is 1.35 bits per heavy atom. The average molecular weight is 738 g/mol. The average Bonchev–Trinajstić information content (AvgIpc) is 3.11. The number of esters is 2. The maximum atomic E-state index is 12.7. The highest BCUT2D eigenvalue weighted by molar-refractivity contribution is 8.00. The number of rotatable bonds is 35. The zero-order valence-electron chi connectivity index (χ0n) is 31.8. The van der Waals surface area contributed by atoms with E-state index in [9.17, 15) is 24.6 Å². The van der Waals surface area contributed by atoms with Crippen molar-refractivity contribution in [1.29, 1.82) is 0 Å². The van der Waals surface area contributed by atoms with Gasteiger partial charge in [0.2, 0.25) is 0 Å². The summed E-state index contributed by atoms with van der Waals surface area (Å²) in [6.45, 7) is 3.67. The molecule has 5 N–H and O–H groups in total. The van der Waals surface area contributed by atoms with Crippen LogP contribution in [-0.2, 0) is 23.9 Å². The second kappa shape index (κ2) is 36.0. The summed E-state index contributed by atoms with van der Waals surface area (Å²) in [5.41, 5.74) is 6.09. The molecule has 0 fully saturated rings. The molecule has 0 bridgehead atoms. The lowest BCUT2D eigenvalue weighted by molar-refractivity contribution is -0.162. The first kappa shape index (κ1) is 48.6. The van der Waals surface area contributed by atoms with Crippen LogP contribution in [0.4, 0.5) is 0 Å². The molecular weight excluding hydrogens is 667 g/mol. The molecule has 294 valence electrons. The van der Waals surface area contributed by atoms with Crippen LogP contribution >= 0.6 is 11.8 Å². The Morgan fingerprint density at radius 3 is 1.98 bits per heavy atom. The van der Waals surface area contributed by atoms with Gasteiger partial charge in [0.25, 0.3) is 0 Å². The van der Waals surface area contributed by atoms with E-state index in [1.54, 1.807) is 12.2 Å². The minimum atomic E-state index is -1.04. The van der Waals surface area contributed by atoms with E-state index < -0.39 is 42.0 Å². The standard InChI is InChI=1S/C41H71NO8S/c1-3-5-7-9-11-13-15-17-19-21-23-25-29-38(37(44)28-27-30-39(45)46)51-34-36(42)41(48)50-35(32-43)33-49-40(47)31-26-24-22-20-18-16-14-12-10-8-6-4-2/h11,13,17,19,21,23,25,29,35-38,43-44H,3-10,12,14-16,18,20,22,24,26-28,30-34,42H2,1-2H3,(H,45,46)/b13-11-,19-17-,23-21+,29-25+/t35-,36-,37-,38+/m0/s1. The molecule has 0 rings (SSSR count). The summed E-state index contributed by atoms with van der Waals surface area (Å²) in [7, 11) is 0. The number of ether oxygens (including phenoxy) is 2. The van der Waals surface area contributed by atoms with Crippen LogP contribution in [-0.4, -0.2) is 75.7 Å². The first-order valence-electron chi connectivity index (χ1n) is 19.6. The van der Waals surface area contributed by atoms with Gasteiger partial charge in [-0.2, -0.15) is 0 Å². The number of allylic oxidation sites excluding steroid dienone is 7. The Bertz CT molecular complexity index is 983. The van der Waals surface area contributed by atoms with Crippen LogP contribution in [0.5, 0.6) is 0 Å². The Kier molecular flexibility index (Phi) is 34.3. The van der Waals surface area contributed by atoms with Gasteiger partial charge in [0.1, 0.15) is 12.6 Å². The van der Waals surface area contributed by atoms with E-state index in [-0.39, 0.29) is 37.6 Å². The third-order valence-corrected chi connectivity index (χ3v) is 9.78. The van der Waals surface area contributed by atoms with E-state index in [0.29, 0.717) is 6.42 Å². The van der Waals surface area contributed by atoms with Gasteiger partial charge in [-0.25, -0.2) is 0 Å². The smallest absolute Gasteiger partial charge is 0.324 e. The third kappa shape index (κ3) is 32.0. The molecular formula is C41H71NO8S. The Labute approximate surface area is 313 Å². The topological polar surface area (TPSA) is 156 Å². The van der Waals surface area contributed by atoms with Gasteiger partial charge in [0, 0.05) is 23.8 Å². The van der Waals surface area contributed by atoms with Crippen molar-refractivity contribution in [2.24, 2.45) is 5.73 Å². The number of aliphatic hydroxyl groups is 2. The van der Waals surface area contributed by atoms with Crippen molar-refractivity contribution in [2.45, 2.75) is 172 Å². The maximum absolute atomic E-state index is 12.7. The van der Waals surface area contributed by atoms with Crippen molar-refractivity contribution < 1.29 is 39.2 Å². The van der Waals surface area contributed by atoms with Crippen LogP contribution in [0.1, 0.15) is 149 Å². The van der Waals surface area contributed by atoms with Crippen LogP contribution in [0.15, 0.2) is 48.6 Å². The van der Waals surface area contributed by atoms with E-state index in [1.165, 1.54) is 88.8 Å². The second-order valence-corrected chi connectivity index (χ2v) is 14.4. The number of hydrogen-bond acceptors (Lipinski definition) is 9. The third-order valence-electron chi connectivity index (χ3n) is 8.38. The van der Waals surface area contributed by atoms with E-state index in [4.69, 9.17) is 20.3 Å². The highest BCUT2D eigenvalue weighted by Crippen LogP contribution is 2.22. The molecule has 0 saturated carbocycles. The Hall–Kier alpha value is -2.40. The number of aliphatic carboxylic acids is 1. The van der Waals surface area contributed by atoms with Crippen molar-refractivity contribution in [1.82, 2.24) is 0 Å². The van der Waals surface area contributed by atoms with Crippen molar-refractivity contribution >= 4 is 29.7 Å². The minimum absolute atomic E-state index is 0.0474. The molecule has 4 atom stereocenters. The van der Waals surface area contributed by atoms with Crippen molar-refractivity contribution in [3.8, 4) is 0 Å². The number of aliphatic hydroxyl groups excluding tert-OH is 2. The van der Waals surface area contributed by atoms with E-state index in [2.05, 4.69) is 32.1 Å². The fourth-order valence-corrected chi connectivity index (χ4v) is 6.34. The van der Waals surface area contributed by atoms with Crippen molar-refractivity contribution in [3.05, 3.63) is 48.6 Å². The predicted octanol–water partition coefficient (Wildman–Crippen LogP) is 8.77. The van der Waals surface area contributed by atoms with Crippen molar-refractivity contribution in [2.75, 3.05) is 19.0 Å². The molecule has 0 unspecified atom stereocenters. The highest BCUT2D eigenvalue weighted by atomic mass is 32.2. The number of carboxylic acids is 1. The van der Waals surface area contributed by atoms with Gasteiger partial charge in [-0.3, -0.25) is 14.4 Å². The summed E-state index contributed by atoms with van der Waals surface area (Å²) in [5, 5.41) is 29.0. The summed E-state index contributed by atoms with van der Waals surface area (Å²) in [5.74, 6) is -1.94. The van der Waals surface area contributed by atoms with Crippen LogP contribution in [0.2, 0.25) is 0 Å². The number of carbonyl (C=O) groups is 3. The fourth-order valence-electron chi connectivity index (χ4n) is 5.21. The van der Waals surface area contributed by atoms with E-state index >= 15 is 0 Å². The van der Waals surface area contributed by atoms with Gasteiger partial charge in [-0.1, -0.05) is 146 Å². The lowest BCUT2D eigenvalue weighted by atomic mass is 10.0. The Balaban J connectivity index is 4.58. The van der Waals surface area contributed by atoms with Crippen LogP contribution in [0, 0.1) is 0 Å². The largest absolute Gasteiger partial charge is 0.481 e. The molecule has 0 saturated heterocycles. The quantitative estimate of drug-likeness (QED) is 0.0215. The molecule has 0 radical (unpaired) electrons. The summed E-state index contributed by atoms with van der Waals surface area (Å²) >= 11 is 1.26. The molecule has 0 amide bonds. The monoisotopic (exact) mass is 737 g/mol. The van der Waals surface area contributed by atoms with Crippen LogP contribution < -0.4 is 5.73 Å². The number of carbonyl (C=O) groups excluding carboxylic acids is 2. The van der Waals surface area contributed by atoms with Gasteiger partial charge in [0.15, 0.2) is 6.10 Å². The zero-order valence-corrected chi connectivity index (χ0v) is 32.6. The van der Waals surface area contributed by atoms with Crippen LogP contribution in [0.25, 0.3) is 0 Å². The molecule has 0 aliphatic rings. The van der Waals surface area contributed by atoms with Gasteiger partial charge in [0.05, 0.1) is 12.7 Å². The molecule has 0 aliphatic heterocycles. The zero-order chi connectivity index (χ0) is 37.8. The molecule has 0 aliphatic carbocycles. The second-order valence-electron chi connectivity index (χ2n) is 13.2. The number of carboxylic acid groups (broad SMARTS) is 1. The summed E-state index contributed by atoms with van der Waals surface area (Å²) in [6, 6.07) is -1.04. The minimum Gasteiger partial charge on any atom is -0.481 e. The van der Waals surface area contributed by atoms with Crippen LogP contribution in [0.3, 0.4) is 0 Å². The predicted molar refractivity (Wildman–Crippen MR) is 211 cm³/mol. The first-order valence-corrected chi connectivity index (χ1v) is 20.7. The molecule has 51 heavy (non-hydrogen) atoms. The molecule has 0 aromatic heterocycles. The number of hydrogen-bond donors (Lipinski definition) is 4. The van der Waals surface area contributed by atoms with E-state index in [1.807, 2.05) is 18.2 Å². The Morgan fingerprint density at radius 1 is 0.745 bits per heavy atom. The summed E-state index contributed by atoms with van der Waals surface area (Å²) < 4.78 is 10.6. The van der Waals surface area contributed by atoms with Crippen molar-refractivity contribution in [3.63, 3.8) is 0 Å². The molecule has 9 nitrogen and oxygen atoms in total. The summed E-state index contributed by atoms with van der Waals surface area (Å²) in [6.07, 6.45) is 34.8. The molecule has 0 heterocycles. The SMILES string of the molecule is CCCCC/C=C\C\C=C/C=C/C=C/[C@@H](SC[C@H](N)C(=O)O[C@@H](CO)COC(=O)CCCCCCCCCCCCCC)[C@@H](O)CCCC(=O)O. The van der Waals surface area contributed by atoms with Gasteiger partial charge in [-0.05, 0) is 38.5 Å². The van der Waals surface area contributed by atoms with Gasteiger partial charge in [-0.15, -0.1) is 11.8 Å². The molecule has 0 aromatic carbocycles. The fraction of sp³-hybridized carbons (Fsp3) is 0.732.